The Morgan fingerprint density at radius 3 is 2.30 bits per heavy atom. The number of carboxylic acids is 1. The highest BCUT2D eigenvalue weighted by atomic mass is 16.4. The minimum absolute atomic E-state index is 0.0195. The van der Waals surface area contributed by atoms with E-state index in [1.165, 1.54) is 0 Å². The zero-order valence-corrected chi connectivity index (χ0v) is 20.4. The zero-order chi connectivity index (χ0) is 25.6. The number of hydrogen-bond acceptors (Lipinski definition) is 4. The number of benzene rings is 2. The van der Waals surface area contributed by atoms with E-state index in [0.29, 0.717) is 0 Å². The summed E-state index contributed by atoms with van der Waals surface area (Å²) in [4.78, 5) is 25.0. The largest absolute Gasteiger partial charge is 0.481 e. The van der Waals surface area contributed by atoms with E-state index in [9.17, 15) is 9.90 Å². The Labute approximate surface area is 215 Å². The average Bonchev–Trinajstić information content (AvgIpc) is 2.92. The van der Waals surface area contributed by atoms with Crippen molar-refractivity contribution in [3.8, 4) is 33.6 Å². The molecular formula is C32H25N3O2. The summed E-state index contributed by atoms with van der Waals surface area (Å²) in [5.41, 5.74) is 9.27. The van der Waals surface area contributed by atoms with E-state index in [1.807, 2.05) is 80.1 Å². The van der Waals surface area contributed by atoms with Gasteiger partial charge in [0.05, 0.1) is 17.8 Å². The smallest absolute Gasteiger partial charge is 0.307 e. The molecular weight excluding hydrogens is 458 g/mol. The molecule has 2 aromatic carbocycles. The van der Waals surface area contributed by atoms with Crippen LogP contribution in [0.25, 0.3) is 45.8 Å². The Balaban J connectivity index is 1.58. The third-order valence-corrected chi connectivity index (χ3v) is 6.07. The standard InChI is InChI=1S/C32H25N3O2/c1-22-15-29(21-34-31(22)27-11-6-14-33-19-27)32-26(13-12-23-7-3-2-4-8-23)18-28(20-35-32)25-10-5-9-24(16-25)17-30(36)37/h2-16,18-21H,17H2,1H3,(H,36,37)/b13-12+. The van der Waals surface area contributed by atoms with Gasteiger partial charge in [0.25, 0.3) is 0 Å². The monoisotopic (exact) mass is 483 g/mol. The molecule has 0 aliphatic heterocycles. The Bertz CT molecular complexity index is 1580. The van der Waals surface area contributed by atoms with Crippen molar-refractivity contribution in [1.29, 1.82) is 0 Å². The van der Waals surface area contributed by atoms with E-state index in [0.717, 1.165) is 55.9 Å². The highest BCUT2D eigenvalue weighted by molar-refractivity contribution is 5.82. The van der Waals surface area contributed by atoms with Crippen molar-refractivity contribution in [2.45, 2.75) is 13.3 Å². The fraction of sp³-hybridized carbons (Fsp3) is 0.0625. The molecule has 0 saturated carbocycles. The average molecular weight is 484 g/mol. The van der Waals surface area contributed by atoms with Crippen LogP contribution in [0.1, 0.15) is 22.3 Å². The van der Waals surface area contributed by atoms with Gasteiger partial charge < -0.3 is 5.11 Å². The van der Waals surface area contributed by atoms with Crippen LogP contribution in [0, 0.1) is 6.92 Å². The van der Waals surface area contributed by atoms with Crippen molar-refractivity contribution in [3.05, 3.63) is 126 Å². The normalized spacial score (nSPS) is 11.1. The first-order valence-electron chi connectivity index (χ1n) is 12.0. The Morgan fingerprint density at radius 2 is 1.54 bits per heavy atom. The molecule has 1 N–H and O–H groups in total. The first-order chi connectivity index (χ1) is 18.1. The first-order valence-corrected chi connectivity index (χ1v) is 12.0. The number of aromatic nitrogens is 3. The first kappa shape index (κ1) is 23.8. The van der Waals surface area contributed by atoms with E-state index < -0.39 is 5.97 Å². The summed E-state index contributed by atoms with van der Waals surface area (Å²) in [6.07, 6.45) is 11.4. The van der Waals surface area contributed by atoms with Crippen LogP contribution in [0.4, 0.5) is 0 Å². The van der Waals surface area contributed by atoms with Gasteiger partial charge in [-0.1, -0.05) is 66.7 Å². The SMILES string of the molecule is Cc1cc(-c2ncc(-c3cccc(CC(=O)O)c3)cc2/C=C/c2ccccc2)cnc1-c1cccnc1. The van der Waals surface area contributed by atoms with Crippen LogP contribution >= 0.6 is 0 Å². The molecule has 0 aliphatic rings. The number of carboxylic acid groups (broad SMARTS) is 1. The van der Waals surface area contributed by atoms with Gasteiger partial charge in [0.1, 0.15) is 0 Å². The molecule has 5 heteroatoms. The molecule has 0 amide bonds. The maximum absolute atomic E-state index is 11.2. The summed E-state index contributed by atoms with van der Waals surface area (Å²) in [7, 11) is 0. The summed E-state index contributed by atoms with van der Waals surface area (Å²) in [6, 6.07) is 25.8. The minimum Gasteiger partial charge on any atom is -0.481 e. The second-order valence-corrected chi connectivity index (χ2v) is 8.81. The molecule has 0 atom stereocenters. The Morgan fingerprint density at radius 1 is 0.757 bits per heavy atom. The molecule has 0 fully saturated rings. The van der Waals surface area contributed by atoms with Crippen molar-refractivity contribution >= 4 is 18.1 Å². The lowest BCUT2D eigenvalue weighted by Crippen LogP contribution is -2.00. The van der Waals surface area contributed by atoms with Crippen molar-refractivity contribution in [2.24, 2.45) is 0 Å². The lowest BCUT2D eigenvalue weighted by atomic mass is 9.98. The van der Waals surface area contributed by atoms with Crippen LogP contribution in [0.15, 0.2) is 104 Å². The molecule has 0 unspecified atom stereocenters. The van der Waals surface area contributed by atoms with E-state index in [-0.39, 0.29) is 6.42 Å². The van der Waals surface area contributed by atoms with Crippen molar-refractivity contribution in [3.63, 3.8) is 0 Å². The van der Waals surface area contributed by atoms with Gasteiger partial charge in [0.15, 0.2) is 0 Å². The quantitative estimate of drug-likeness (QED) is 0.270. The van der Waals surface area contributed by atoms with Gasteiger partial charge in [0, 0.05) is 47.0 Å². The fourth-order valence-corrected chi connectivity index (χ4v) is 4.30. The number of carbonyl (C=O) groups is 1. The van der Waals surface area contributed by atoms with Gasteiger partial charge in [-0.05, 0) is 53.4 Å². The van der Waals surface area contributed by atoms with Gasteiger partial charge in [0.2, 0.25) is 0 Å². The van der Waals surface area contributed by atoms with Crippen molar-refractivity contribution in [1.82, 2.24) is 15.0 Å². The maximum Gasteiger partial charge on any atom is 0.307 e. The number of nitrogens with zero attached hydrogens (tertiary/aromatic N) is 3. The molecule has 0 bridgehead atoms. The third kappa shape index (κ3) is 5.68. The maximum atomic E-state index is 11.2. The van der Waals surface area contributed by atoms with Gasteiger partial charge in [-0.25, -0.2) is 0 Å². The highest BCUT2D eigenvalue weighted by Gasteiger charge is 2.12. The topological polar surface area (TPSA) is 76.0 Å². The van der Waals surface area contributed by atoms with Gasteiger partial charge in [-0.2, -0.15) is 0 Å². The van der Waals surface area contributed by atoms with Crippen LogP contribution in [0.5, 0.6) is 0 Å². The molecule has 5 nitrogen and oxygen atoms in total. The number of pyridine rings is 3. The van der Waals surface area contributed by atoms with Crippen LogP contribution in [0.3, 0.4) is 0 Å². The predicted molar refractivity (Wildman–Crippen MR) is 148 cm³/mol. The number of hydrogen-bond donors (Lipinski definition) is 1. The molecule has 3 aromatic heterocycles. The molecule has 37 heavy (non-hydrogen) atoms. The second-order valence-electron chi connectivity index (χ2n) is 8.81. The zero-order valence-electron chi connectivity index (χ0n) is 20.4. The van der Waals surface area contributed by atoms with Gasteiger partial charge in [-0.15, -0.1) is 0 Å². The molecule has 5 aromatic rings. The summed E-state index contributed by atoms with van der Waals surface area (Å²) < 4.78 is 0. The summed E-state index contributed by atoms with van der Waals surface area (Å²) in [6.45, 7) is 2.04. The van der Waals surface area contributed by atoms with Crippen LogP contribution in [-0.4, -0.2) is 26.0 Å². The number of aryl methyl sites for hydroxylation is 1. The molecule has 0 radical (unpaired) electrons. The van der Waals surface area contributed by atoms with Crippen LogP contribution < -0.4 is 0 Å². The minimum atomic E-state index is -0.852. The highest BCUT2D eigenvalue weighted by Crippen LogP contribution is 2.31. The Kier molecular flexibility index (Phi) is 6.95. The molecule has 0 saturated heterocycles. The van der Waals surface area contributed by atoms with E-state index in [4.69, 9.17) is 9.97 Å². The number of rotatable bonds is 7. The molecule has 5 rings (SSSR count). The van der Waals surface area contributed by atoms with Gasteiger partial charge in [-0.3, -0.25) is 19.7 Å². The summed E-state index contributed by atoms with van der Waals surface area (Å²) in [5.74, 6) is -0.852. The lowest BCUT2D eigenvalue weighted by molar-refractivity contribution is -0.136. The van der Waals surface area contributed by atoms with E-state index >= 15 is 0 Å². The predicted octanol–water partition coefficient (Wildman–Crippen LogP) is 6.98. The molecule has 0 aliphatic carbocycles. The van der Waals surface area contributed by atoms with Crippen LogP contribution in [0.2, 0.25) is 0 Å². The fourth-order valence-electron chi connectivity index (χ4n) is 4.30. The van der Waals surface area contributed by atoms with Crippen molar-refractivity contribution in [2.75, 3.05) is 0 Å². The summed E-state index contributed by atoms with van der Waals surface area (Å²) in [5, 5.41) is 9.20. The molecule has 3 heterocycles. The molecule has 0 spiro atoms. The van der Waals surface area contributed by atoms with Crippen molar-refractivity contribution < 1.29 is 9.90 Å². The van der Waals surface area contributed by atoms with Gasteiger partial charge >= 0.3 is 5.97 Å². The number of aliphatic carboxylic acids is 1. The second kappa shape index (κ2) is 10.8. The lowest BCUT2D eigenvalue weighted by Gasteiger charge is -2.12. The van der Waals surface area contributed by atoms with E-state index in [2.05, 4.69) is 41.4 Å². The summed E-state index contributed by atoms with van der Waals surface area (Å²) >= 11 is 0. The van der Waals surface area contributed by atoms with E-state index in [1.54, 1.807) is 6.20 Å². The Hall–Kier alpha value is -4.90. The molecule has 180 valence electrons. The van der Waals surface area contributed by atoms with Crippen LogP contribution in [-0.2, 0) is 11.2 Å². The third-order valence-electron chi connectivity index (χ3n) is 6.07.